The van der Waals surface area contributed by atoms with E-state index in [-0.39, 0.29) is 42.9 Å². The molecular weight excluding hydrogens is 481 g/mol. The summed E-state index contributed by atoms with van der Waals surface area (Å²) in [5.41, 5.74) is 4.56. The van der Waals surface area contributed by atoms with Crippen molar-refractivity contribution in [1.82, 2.24) is 19.5 Å². The van der Waals surface area contributed by atoms with Gasteiger partial charge in [0.2, 0.25) is 5.60 Å². The van der Waals surface area contributed by atoms with Crippen LogP contribution in [0.25, 0.3) is 11.2 Å². The summed E-state index contributed by atoms with van der Waals surface area (Å²) in [6, 6.07) is 0. The number of nitrogens with zero attached hydrogens (tertiary/aromatic N) is 4. The molecule has 3 rings (SSSR count). The first-order valence-electron chi connectivity index (χ1n) is 13.0. The number of nitrogen functional groups attached to an aromatic ring is 1. The summed E-state index contributed by atoms with van der Waals surface area (Å²) in [5.74, 6) is 1.63. The Hall–Kier alpha value is -3.26. The zero-order chi connectivity index (χ0) is 26.8. The summed E-state index contributed by atoms with van der Waals surface area (Å²) in [6.07, 6.45) is 12.6. The van der Waals surface area contributed by atoms with E-state index in [1.165, 1.54) is 10.9 Å². The Morgan fingerprint density at radius 2 is 1.84 bits per heavy atom. The number of ether oxygens (including phenoxy) is 3. The molecule has 0 radical (unpaired) electrons. The third kappa shape index (κ3) is 7.16. The van der Waals surface area contributed by atoms with Gasteiger partial charge >= 0.3 is 18.0 Å². The maximum atomic E-state index is 13.9. The van der Waals surface area contributed by atoms with E-state index in [1.54, 1.807) is 0 Å². The third-order valence-electron chi connectivity index (χ3n) is 6.45. The molecule has 2 aromatic heterocycles. The molecule has 37 heavy (non-hydrogen) atoms. The van der Waals surface area contributed by atoms with Crippen molar-refractivity contribution < 1.29 is 28.2 Å². The van der Waals surface area contributed by atoms with Crippen molar-refractivity contribution in [2.24, 2.45) is 0 Å². The molecule has 0 saturated carbocycles. The van der Waals surface area contributed by atoms with Gasteiger partial charge in [0, 0.05) is 19.3 Å². The minimum Gasteiger partial charge on any atom is -0.461 e. The second-order valence-electron chi connectivity index (χ2n) is 9.30. The molecule has 1 fully saturated rings. The molecule has 2 aromatic rings. The number of carbonyl (C=O) groups is 2. The average Bonchev–Trinajstić information content (AvgIpc) is 3.45. The summed E-state index contributed by atoms with van der Waals surface area (Å²) in [4.78, 5) is 36.5. The number of anilines is 1. The minimum atomic E-state index is -1.53. The first kappa shape index (κ1) is 28.3. The molecule has 0 amide bonds. The maximum Gasteiger partial charge on any atom is 0.312 e. The highest BCUT2D eigenvalue weighted by Crippen LogP contribution is 2.40. The number of imidazole rings is 1. The van der Waals surface area contributed by atoms with Crippen molar-refractivity contribution in [3.63, 3.8) is 0 Å². The SMILES string of the molecule is C#C[C@]1(COC(=O)CCCCCC)OC(n2cnc3c(N)nc(F)nc32)CC1OC(=O)CCCCCC. The Balaban J connectivity index is 1.78. The lowest BCUT2D eigenvalue weighted by atomic mass is 9.98. The molecule has 1 aliphatic rings. The Morgan fingerprint density at radius 1 is 1.16 bits per heavy atom. The largest absolute Gasteiger partial charge is 0.461 e. The van der Waals surface area contributed by atoms with Crippen LogP contribution in [0.4, 0.5) is 10.2 Å². The number of fused-ring (bicyclic) bond motifs is 1. The normalized spacial score (nSPS) is 21.1. The van der Waals surface area contributed by atoms with Crippen LogP contribution in [-0.4, -0.2) is 49.8 Å². The zero-order valence-corrected chi connectivity index (χ0v) is 21.6. The number of carbonyl (C=O) groups excluding carboxylic acids is 2. The van der Waals surface area contributed by atoms with Gasteiger partial charge in [0.25, 0.3) is 0 Å². The van der Waals surface area contributed by atoms with Crippen molar-refractivity contribution in [3.8, 4) is 12.3 Å². The first-order chi connectivity index (χ1) is 17.8. The van der Waals surface area contributed by atoms with Crippen molar-refractivity contribution in [1.29, 1.82) is 0 Å². The van der Waals surface area contributed by atoms with Crippen LogP contribution < -0.4 is 5.73 Å². The highest BCUT2D eigenvalue weighted by Gasteiger charge is 2.52. The Morgan fingerprint density at radius 3 is 2.49 bits per heavy atom. The number of halogens is 1. The molecule has 0 aromatic carbocycles. The number of rotatable bonds is 14. The molecule has 2 N–H and O–H groups in total. The smallest absolute Gasteiger partial charge is 0.312 e. The Labute approximate surface area is 216 Å². The number of hydrogen-bond donors (Lipinski definition) is 1. The lowest BCUT2D eigenvalue weighted by molar-refractivity contribution is -0.166. The summed E-state index contributed by atoms with van der Waals surface area (Å²) >= 11 is 0. The van der Waals surface area contributed by atoms with Crippen LogP contribution in [0.1, 0.15) is 90.7 Å². The molecule has 0 spiro atoms. The van der Waals surface area contributed by atoms with Crippen LogP contribution in [0.15, 0.2) is 6.33 Å². The maximum absolute atomic E-state index is 13.9. The van der Waals surface area contributed by atoms with E-state index in [0.717, 1.165) is 38.5 Å². The van der Waals surface area contributed by atoms with Crippen LogP contribution in [0.2, 0.25) is 0 Å². The molecule has 0 bridgehead atoms. The van der Waals surface area contributed by atoms with Crippen molar-refractivity contribution in [2.75, 3.05) is 12.3 Å². The highest BCUT2D eigenvalue weighted by atomic mass is 19.1. The Bertz CT molecular complexity index is 1120. The second-order valence-corrected chi connectivity index (χ2v) is 9.30. The van der Waals surface area contributed by atoms with Crippen LogP contribution in [0.5, 0.6) is 0 Å². The zero-order valence-electron chi connectivity index (χ0n) is 21.6. The standard InChI is InChI=1S/C26H36FN5O5/c1-4-7-9-11-13-20(33)35-16-26(6-3)18(36-21(34)14-12-10-8-5-2)15-19(37-26)32-17-29-22-23(28)30-25(27)31-24(22)32/h3,17-19H,4-5,7-16H2,1-2H3,(H2,28,30,31)/t18?,19?,26-/m1/s1. The topological polar surface area (TPSA) is 131 Å². The fraction of sp³-hybridized carbons (Fsp3) is 0.654. The molecule has 3 atom stereocenters. The van der Waals surface area contributed by atoms with Crippen molar-refractivity contribution in [3.05, 3.63) is 12.4 Å². The molecule has 1 aliphatic heterocycles. The molecule has 3 heterocycles. The van der Waals surface area contributed by atoms with E-state index in [1.807, 2.05) is 0 Å². The number of unbranched alkanes of at least 4 members (excludes halogenated alkanes) is 6. The van der Waals surface area contributed by atoms with Gasteiger partial charge in [-0.1, -0.05) is 58.3 Å². The fourth-order valence-electron chi connectivity index (χ4n) is 4.34. The third-order valence-corrected chi connectivity index (χ3v) is 6.45. The quantitative estimate of drug-likeness (QED) is 0.169. The predicted octanol–water partition coefficient (Wildman–Crippen LogP) is 4.23. The highest BCUT2D eigenvalue weighted by molar-refractivity contribution is 5.81. The van der Waals surface area contributed by atoms with Gasteiger partial charge in [-0.25, -0.2) is 4.98 Å². The first-order valence-corrected chi connectivity index (χ1v) is 13.0. The van der Waals surface area contributed by atoms with Gasteiger partial charge in [-0.15, -0.1) is 6.42 Å². The lowest BCUT2D eigenvalue weighted by Gasteiger charge is -2.28. The van der Waals surface area contributed by atoms with Gasteiger partial charge in [-0.3, -0.25) is 14.2 Å². The van der Waals surface area contributed by atoms with E-state index in [2.05, 4.69) is 34.7 Å². The summed E-state index contributed by atoms with van der Waals surface area (Å²) in [7, 11) is 0. The van der Waals surface area contributed by atoms with E-state index in [4.69, 9.17) is 26.4 Å². The molecule has 10 nitrogen and oxygen atoms in total. The van der Waals surface area contributed by atoms with Crippen LogP contribution in [0, 0.1) is 18.4 Å². The molecular formula is C26H36FN5O5. The average molecular weight is 518 g/mol. The van der Waals surface area contributed by atoms with Gasteiger partial charge in [0.15, 0.2) is 17.0 Å². The number of aromatic nitrogens is 4. The van der Waals surface area contributed by atoms with Crippen molar-refractivity contribution in [2.45, 2.75) is 102 Å². The molecule has 11 heteroatoms. The van der Waals surface area contributed by atoms with Gasteiger partial charge < -0.3 is 19.9 Å². The van der Waals surface area contributed by atoms with Gasteiger partial charge in [0.1, 0.15) is 18.9 Å². The van der Waals surface area contributed by atoms with Gasteiger partial charge in [-0.05, 0) is 12.8 Å². The molecule has 1 saturated heterocycles. The van der Waals surface area contributed by atoms with E-state index in [9.17, 15) is 14.0 Å². The van der Waals surface area contributed by atoms with Crippen molar-refractivity contribution >= 4 is 28.9 Å². The summed E-state index contributed by atoms with van der Waals surface area (Å²) in [6.45, 7) is 3.88. The van der Waals surface area contributed by atoms with Gasteiger partial charge in [0.05, 0.1) is 6.33 Å². The monoisotopic (exact) mass is 517 g/mol. The fourth-order valence-corrected chi connectivity index (χ4v) is 4.34. The van der Waals surface area contributed by atoms with E-state index in [0.29, 0.717) is 12.8 Å². The molecule has 0 aliphatic carbocycles. The number of terminal acetylenes is 1. The van der Waals surface area contributed by atoms with Crippen LogP contribution >= 0.6 is 0 Å². The lowest BCUT2D eigenvalue weighted by Crippen LogP contribution is -2.45. The number of esters is 2. The Kier molecular flexibility index (Phi) is 10.2. The van der Waals surface area contributed by atoms with E-state index < -0.39 is 35.9 Å². The predicted molar refractivity (Wildman–Crippen MR) is 134 cm³/mol. The summed E-state index contributed by atoms with van der Waals surface area (Å²) in [5, 5.41) is 0. The molecule has 2 unspecified atom stereocenters. The van der Waals surface area contributed by atoms with Crippen LogP contribution in [-0.2, 0) is 23.8 Å². The number of hydrogen-bond acceptors (Lipinski definition) is 9. The number of nitrogens with two attached hydrogens (primary N) is 1. The van der Waals surface area contributed by atoms with E-state index >= 15 is 0 Å². The second kappa shape index (κ2) is 13.3. The minimum absolute atomic E-state index is 0.111. The van der Waals surface area contributed by atoms with Gasteiger partial charge in [-0.2, -0.15) is 14.4 Å². The van der Waals surface area contributed by atoms with Crippen LogP contribution in [0.3, 0.4) is 0 Å². The summed E-state index contributed by atoms with van der Waals surface area (Å²) < 4.78 is 32.8. The molecule has 202 valence electrons.